The largest absolute Gasteiger partial charge is 0.473 e. The van der Waals surface area contributed by atoms with E-state index in [2.05, 4.69) is 67.9 Å². The third kappa shape index (κ3) is 10.3. The molecular weight excluding hydrogens is 984 g/mol. The number of amides is 1. The Labute approximate surface area is 436 Å². The molecule has 400 valence electrons. The van der Waals surface area contributed by atoms with Gasteiger partial charge in [0.2, 0.25) is 5.88 Å². The maximum atomic E-state index is 15.5. The first-order valence-electron chi connectivity index (χ1n) is 26.5. The summed E-state index contributed by atoms with van der Waals surface area (Å²) in [5.74, 6) is -0.818. The number of nitro benzene ring substituents is 1. The fourth-order valence-corrected chi connectivity index (χ4v) is 13.5. The number of aromatic nitrogens is 2. The number of fused-ring (bicyclic) bond motifs is 3. The second-order valence-corrected chi connectivity index (χ2v) is 23.8. The molecule has 3 saturated heterocycles. The number of benzene rings is 3. The molecule has 3 aromatic carbocycles. The summed E-state index contributed by atoms with van der Waals surface area (Å²) in [7, 11) is -4.72. The van der Waals surface area contributed by atoms with Gasteiger partial charge in [0.1, 0.15) is 35.6 Å². The highest BCUT2D eigenvalue weighted by atomic mass is 32.2. The molecule has 4 N–H and O–H groups in total. The van der Waals surface area contributed by atoms with E-state index in [0.717, 1.165) is 76.5 Å². The molecule has 1 spiro atoms. The Balaban J connectivity index is 0.890. The molecule has 11 rings (SSSR count). The lowest BCUT2D eigenvalue weighted by Gasteiger charge is -2.57. The van der Waals surface area contributed by atoms with Crippen LogP contribution in [0.3, 0.4) is 0 Å². The monoisotopic (exact) mass is 1050 g/mol. The summed E-state index contributed by atoms with van der Waals surface area (Å²) in [6, 6.07) is 19.2. The number of nitrogens with one attached hydrogen (secondary N) is 3. The first-order valence-corrected chi connectivity index (χ1v) is 28.0. The van der Waals surface area contributed by atoms with Gasteiger partial charge >= 0.3 is 0 Å². The Morgan fingerprint density at radius 3 is 2.51 bits per heavy atom. The van der Waals surface area contributed by atoms with E-state index in [-0.39, 0.29) is 71.0 Å². The molecule has 2 aliphatic carbocycles. The number of carbonyl (C=O) groups excluding carboxylic acids is 1. The van der Waals surface area contributed by atoms with Crippen molar-refractivity contribution in [1.29, 1.82) is 0 Å². The van der Waals surface area contributed by atoms with Gasteiger partial charge in [-0.25, -0.2) is 17.5 Å². The first-order chi connectivity index (χ1) is 36.1. The summed E-state index contributed by atoms with van der Waals surface area (Å²) in [6.45, 7) is 11.2. The minimum atomic E-state index is -4.72. The Bertz CT molecular complexity index is 3050. The van der Waals surface area contributed by atoms with Crippen molar-refractivity contribution in [3.05, 3.63) is 106 Å². The molecule has 18 nitrogen and oxygen atoms in total. The van der Waals surface area contributed by atoms with Gasteiger partial charge in [0.15, 0.2) is 0 Å². The molecule has 0 unspecified atom stereocenters. The Kier molecular flexibility index (Phi) is 14.0. The molecule has 5 aromatic rings. The smallest absolute Gasteiger partial charge is 0.293 e. The van der Waals surface area contributed by atoms with Gasteiger partial charge in [-0.1, -0.05) is 38.1 Å². The first kappa shape index (κ1) is 51.2. The number of H-pyrrole nitrogens is 1. The van der Waals surface area contributed by atoms with Crippen molar-refractivity contribution in [1.82, 2.24) is 19.6 Å². The number of aliphatic hydroxyl groups is 1. The number of nitrogens with zero attached hydrogens (tertiary/aromatic N) is 5. The quantitative estimate of drug-likeness (QED) is 0.0683. The van der Waals surface area contributed by atoms with Crippen LogP contribution in [0.4, 0.5) is 32.8 Å². The fraction of sp³-hybridized carbons (Fsp3) is 0.527. The summed E-state index contributed by atoms with van der Waals surface area (Å²) in [4.78, 5) is 40.4. The topological polar surface area (TPSA) is 214 Å². The van der Waals surface area contributed by atoms with Crippen molar-refractivity contribution in [3.8, 4) is 5.88 Å². The van der Waals surface area contributed by atoms with Crippen molar-refractivity contribution < 1.29 is 46.6 Å². The molecular formula is C55H67FN8O10S. The van der Waals surface area contributed by atoms with Crippen molar-refractivity contribution in [2.75, 3.05) is 80.9 Å². The second kappa shape index (κ2) is 20.6. The molecule has 2 saturated carbocycles. The number of sulfonamides is 1. The zero-order valence-electron chi connectivity index (χ0n) is 42.8. The highest BCUT2D eigenvalue weighted by Gasteiger charge is 2.50. The molecule has 3 atom stereocenters. The number of nitro groups is 1. The second-order valence-electron chi connectivity index (χ2n) is 22.1. The van der Waals surface area contributed by atoms with Crippen LogP contribution in [0.25, 0.3) is 11.0 Å². The van der Waals surface area contributed by atoms with Crippen molar-refractivity contribution in [2.45, 2.75) is 113 Å². The number of carbonyl (C=O) groups is 1. The van der Waals surface area contributed by atoms with Gasteiger partial charge in [-0.3, -0.25) is 19.8 Å². The molecule has 1 amide bonds. The van der Waals surface area contributed by atoms with Gasteiger partial charge in [-0.05, 0) is 123 Å². The Hall–Kier alpha value is -5.90. The molecule has 75 heavy (non-hydrogen) atoms. The lowest BCUT2D eigenvalue weighted by Crippen LogP contribution is -2.58. The van der Waals surface area contributed by atoms with E-state index in [1.165, 1.54) is 29.5 Å². The highest BCUT2D eigenvalue weighted by Crippen LogP contribution is 2.54. The van der Waals surface area contributed by atoms with Crippen molar-refractivity contribution in [3.63, 3.8) is 0 Å². The van der Waals surface area contributed by atoms with Gasteiger partial charge in [0.25, 0.3) is 21.6 Å². The summed E-state index contributed by atoms with van der Waals surface area (Å²) in [5, 5.41) is 26.1. The van der Waals surface area contributed by atoms with Crippen LogP contribution in [0.15, 0.2) is 77.8 Å². The van der Waals surface area contributed by atoms with Crippen molar-refractivity contribution >= 4 is 55.4 Å². The summed E-state index contributed by atoms with van der Waals surface area (Å²) < 4.78 is 71.0. The molecule has 6 aliphatic rings. The normalized spacial score (nSPS) is 25.4. The Morgan fingerprint density at radius 1 is 0.960 bits per heavy atom. The maximum Gasteiger partial charge on any atom is 0.293 e. The summed E-state index contributed by atoms with van der Waals surface area (Å²) in [5.41, 5.74) is 3.46. The summed E-state index contributed by atoms with van der Waals surface area (Å²) in [6.07, 6.45) is 7.41. The van der Waals surface area contributed by atoms with E-state index >= 15 is 4.39 Å². The average molecular weight is 1050 g/mol. The maximum absolute atomic E-state index is 15.5. The molecule has 5 fully saturated rings. The number of anilines is 4. The van der Waals surface area contributed by atoms with Crippen LogP contribution < -0.4 is 24.6 Å². The zero-order valence-corrected chi connectivity index (χ0v) is 43.6. The lowest BCUT2D eigenvalue weighted by atomic mass is 9.59. The van der Waals surface area contributed by atoms with Gasteiger partial charge in [0.05, 0.1) is 77.2 Å². The van der Waals surface area contributed by atoms with E-state index in [4.69, 9.17) is 18.9 Å². The number of halogens is 1. The minimum Gasteiger partial charge on any atom is -0.473 e. The Morgan fingerprint density at radius 2 is 1.73 bits per heavy atom. The van der Waals surface area contributed by atoms with Crippen LogP contribution in [0, 0.1) is 27.3 Å². The highest BCUT2D eigenvalue weighted by molar-refractivity contribution is 7.90. The van der Waals surface area contributed by atoms with Gasteiger partial charge in [-0.2, -0.15) is 4.98 Å². The molecule has 20 heteroatoms. The number of piperidine rings is 1. The number of pyridine rings is 1. The number of rotatable bonds is 12. The molecule has 4 aliphatic heterocycles. The number of ether oxygens (including phenoxy) is 4. The van der Waals surface area contributed by atoms with E-state index < -0.39 is 55.0 Å². The minimum absolute atomic E-state index is 0.0403. The van der Waals surface area contributed by atoms with Crippen LogP contribution in [0.5, 0.6) is 5.88 Å². The summed E-state index contributed by atoms with van der Waals surface area (Å²) >= 11 is 0. The van der Waals surface area contributed by atoms with E-state index in [9.17, 15) is 28.4 Å². The van der Waals surface area contributed by atoms with Crippen LogP contribution in [-0.2, 0) is 24.2 Å². The predicted octanol–water partition coefficient (Wildman–Crippen LogP) is 8.34. The molecule has 6 heterocycles. The third-order valence-corrected chi connectivity index (χ3v) is 18.2. The van der Waals surface area contributed by atoms with Crippen LogP contribution in [-0.4, -0.2) is 129 Å². The van der Waals surface area contributed by atoms with E-state index in [0.29, 0.717) is 50.2 Å². The van der Waals surface area contributed by atoms with Crippen molar-refractivity contribution in [2.24, 2.45) is 11.3 Å². The molecule has 0 radical (unpaired) electrons. The van der Waals surface area contributed by atoms with Crippen LogP contribution in [0.2, 0.25) is 0 Å². The van der Waals surface area contributed by atoms with Gasteiger partial charge in [0, 0.05) is 50.2 Å². The number of hydrogen-bond donors (Lipinski definition) is 4. The van der Waals surface area contributed by atoms with Crippen LogP contribution >= 0.6 is 0 Å². The van der Waals surface area contributed by atoms with E-state index in [1.807, 2.05) is 12.1 Å². The zero-order chi connectivity index (χ0) is 52.2. The number of hydrogen-bond acceptors (Lipinski definition) is 15. The number of aromatic amines is 1. The molecule has 2 aromatic heterocycles. The van der Waals surface area contributed by atoms with Crippen LogP contribution in [0.1, 0.15) is 106 Å². The third-order valence-electron chi connectivity index (χ3n) is 16.9. The van der Waals surface area contributed by atoms with E-state index in [1.54, 1.807) is 24.0 Å². The standard InChI is InChI=1S/C55H67FN8O10S/c1-34(2)39-6-4-5-7-40(39)48-31-71-21-20-62(48)37-27-55(28-37)16-18-61(19-17-55)36-8-10-41(45(24-36)63-47-26-42-43(56)30-58-51(42)59-53(47)74-33-50-49(63)32-72-22-23-73-50)52(65)60-75(69,70)38-9-11-44(46(25-38)64(67)68)57-29-35-12-14-54(3,66)15-13-35/h4-11,24-26,30,34-35,37,48-50,57,66H,12-23,27-29,31-33H2,1-3H3,(H,58,59)(H,60,65)/t35-,48-,49-,50+,54-/m0/s1. The number of morpholine rings is 1. The molecule has 0 bridgehead atoms. The average Bonchev–Trinajstić information content (AvgIpc) is 3.51. The lowest BCUT2D eigenvalue weighted by molar-refractivity contribution is -0.384. The van der Waals surface area contributed by atoms with Gasteiger partial charge < -0.3 is 44.2 Å². The van der Waals surface area contributed by atoms with Gasteiger partial charge in [-0.15, -0.1) is 0 Å². The fourth-order valence-electron chi connectivity index (χ4n) is 12.6. The predicted molar refractivity (Wildman–Crippen MR) is 281 cm³/mol. The SMILES string of the molecule is CC(C)c1ccccc1[C@@H]1COCCN1C1CC2(CCN(c3ccc(C(=O)NS(=O)(=O)c4ccc(NC[C@H]5CC[C@](C)(O)CC5)c([N+](=O)[O-])c4)c(N4c5cc6c(F)c[nH]c6nc5OC[C@H]5OCCOC[C@@H]54)c3)CC2)C1.